The summed E-state index contributed by atoms with van der Waals surface area (Å²) in [5.74, 6) is 0.631. The first-order valence-electron chi connectivity index (χ1n) is 12.3. The molecule has 0 spiro atoms. The normalized spacial score (nSPS) is 10.9. The highest BCUT2D eigenvalue weighted by molar-refractivity contribution is 6.17. The van der Waals surface area contributed by atoms with Crippen LogP contribution in [0.5, 0.6) is 0 Å². The summed E-state index contributed by atoms with van der Waals surface area (Å²) in [6.45, 7) is 6.77. The third-order valence-corrected chi connectivity index (χ3v) is 6.74. The molecule has 1 aromatic rings. The minimum absolute atomic E-state index is 0. The van der Waals surface area contributed by atoms with Crippen molar-refractivity contribution in [2.45, 2.75) is 136 Å². The molecule has 0 bridgehead atoms. The Kier molecular flexibility index (Phi) is 19.1. The van der Waals surface area contributed by atoms with Crippen LogP contribution < -0.4 is 6.15 Å². The summed E-state index contributed by atoms with van der Waals surface area (Å²) in [7, 11) is 0. The number of unbranched alkanes of at least 4 members (excludes halogenated alkanes) is 15. The van der Waals surface area contributed by atoms with Crippen molar-refractivity contribution in [2.75, 3.05) is 0 Å². The molecule has 0 unspecified atom stereocenters. The lowest BCUT2D eigenvalue weighted by atomic mass is 9.95. The maximum atomic E-state index is 6.01. The lowest BCUT2D eigenvalue weighted by Gasteiger charge is -2.12. The fourth-order valence-electron chi connectivity index (χ4n) is 4.21. The summed E-state index contributed by atoms with van der Waals surface area (Å²) >= 11 is 6.01. The van der Waals surface area contributed by atoms with Crippen molar-refractivity contribution in [1.29, 1.82) is 0 Å². The fourth-order valence-corrected chi connectivity index (χ4v) is 4.50. The van der Waals surface area contributed by atoms with E-state index in [1.807, 2.05) is 0 Å². The third-order valence-electron chi connectivity index (χ3n) is 6.46. The van der Waals surface area contributed by atoms with Gasteiger partial charge in [0.25, 0.3) is 0 Å². The van der Waals surface area contributed by atoms with Crippen LogP contribution in [0.4, 0.5) is 0 Å². The summed E-state index contributed by atoms with van der Waals surface area (Å²) in [5.41, 5.74) is 5.66. The molecule has 1 aromatic carbocycles. The van der Waals surface area contributed by atoms with Gasteiger partial charge in [-0.1, -0.05) is 115 Å². The summed E-state index contributed by atoms with van der Waals surface area (Å²) in [5, 5.41) is 0. The van der Waals surface area contributed by atoms with E-state index in [1.54, 1.807) is 0 Å². The van der Waals surface area contributed by atoms with Gasteiger partial charge < -0.3 is 6.15 Å². The molecule has 2 heteroatoms. The van der Waals surface area contributed by atoms with Gasteiger partial charge in [0.1, 0.15) is 0 Å². The smallest absolute Gasteiger partial charge is 0.0476 e. The number of rotatable bonds is 18. The summed E-state index contributed by atoms with van der Waals surface area (Å²) < 4.78 is 0. The fraction of sp³-hybridized carbons (Fsp3) is 0.778. The van der Waals surface area contributed by atoms with Gasteiger partial charge in [0, 0.05) is 5.88 Å². The molecule has 0 atom stereocenters. The van der Waals surface area contributed by atoms with Gasteiger partial charge in [-0.25, -0.2) is 0 Å². The van der Waals surface area contributed by atoms with Crippen molar-refractivity contribution in [3.05, 3.63) is 34.4 Å². The minimum atomic E-state index is 0. The summed E-state index contributed by atoms with van der Waals surface area (Å²) in [6, 6.07) is 4.52. The molecule has 0 saturated carbocycles. The molecule has 0 aliphatic rings. The first-order chi connectivity index (χ1) is 13.7. The molecule has 0 aliphatic heterocycles. The van der Waals surface area contributed by atoms with E-state index in [1.165, 1.54) is 131 Å². The Balaban J connectivity index is 0.00000784. The van der Waals surface area contributed by atoms with Gasteiger partial charge in [0.15, 0.2) is 0 Å². The lowest BCUT2D eigenvalue weighted by molar-refractivity contribution is 0.529. The van der Waals surface area contributed by atoms with Gasteiger partial charge in [-0.15, -0.1) is 11.6 Å². The van der Waals surface area contributed by atoms with Crippen molar-refractivity contribution >= 4 is 11.6 Å². The zero-order valence-electron chi connectivity index (χ0n) is 20.0. The van der Waals surface area contributed by atoms with Crippen LogP contribution >= 0.6 is 11.6 Å². The molecule has 0 fully saturated rings. The van der Waals surface area contributed by atoms with Gasteiger partial charge in [-0.3, -0.25) is 0 Å². The molecule has 1 nitrogen and oxygen atoms in total. The molecule has 0 heterocycles. The highest BCUT2D eigenvalue weighted by Crippen LogP contribution is 2.21. The second-order valence-electron chi connectivity index (χ2n) is 8.82. The van der Waals surface area contributed by atoms with Gasteiger partial charge in [-0.2, -0.15) is 0 Å². The van der Waals surface area contributed by atoms with Crippen LogP contribution in [0.3, 0.4) is 0 Å². The SMILES string of the molecule is CCCCCCCCCCCCCCCCCCc1ccc(CCl)c(C)c1C.N. The molecular formula is C27H50ClN. The van der Waals surface area contributed by atoms with Crippen LogP contribution in [0.15, 0.2) is 12.1 Å². The number of halogens is 1. The Hall–Kier alpha value is -0.530. The molecule has 0 aliphatic carbocycles. The van der Waals surface area contributed by atoms with Crippen LogP contribution in [0.25, 0.3) is 0 Å². The van der Waals surface area contributed by atoms with Crippen LogP contribution in [-0.4, -0.2) is 0 Å². The first-order valence-corrected chi connectivity index (χ1v) is 12.9. The summed E-state index contributed by atoms with van der Waals surface area (Å²) in [6.07, 6.45) is 24.2. The average molecular weight is 424 g/mol. The van der Waals surface area contributed by atoms with E-state index in [4.69, 9.17) is 11.6 Å². The van der Waals surface area contributed by atoms with E-state index in [-0.39, 0.29) is 6.15 Å². The van der Waals surface area contributed by atoms with Crippen LogP contribution in [0.2, 0.25) is 0 Å². The maximum Gasteiger partial charge on any atom is 0.0476 e. The van der Waals surface area contributed by atoms with Crippen molar-refractivity contribution in [3.63, 3.8) is 0 Å². The van der Waals surface area contributed by atoms with Crippen LogP contribution in [-0.2, 0) is 12.3 Å². The predicted octanol–water partition coefficient (Wildman–Crippen LogP) is 10.0. The highest BCUT2D eigenvalue weighted by atomic mass is 35.5. The Morgan fingerprint density at radius 2 is 0.897 bits per heavy atom. The first kappa shape index (κ1) is 28.5. The maximum absolute atomic E-state index is 6.01. The van der Waals surface area contributed by atoms with Crippen LogP contribution in [0.1, 0.15) is 132 Å². The zero-order valence-corrected chi connectivity index (χ0v) is 20.7. The van der Waals surface area contributed by atoms with E-state index < -0.39 is 0 Å². The third kappa shape index (κ3) is 13.4. The Morgan fingerprint density at radius 3 is 1.31 bits per heavy atom. The Morgan fingerprint density at radius 1 is 0.552 bits per heavy atom. The number of aryl methyl sites for hydroxylation is 1. The predicted molar refractivity (Wildman–Crippen MR) is 134 cm³/mol. The van der Waals surface area contributed by atoms with Gasteiger partial charge in [0.2, 0.25) is 0 Å². The van der Waals surface area contributed by atoms with Crippen LogP contribution in [0, 0.1) is 13.8 Å². The number of hydrogen-bond acceptors (Lipinski definition) is 1. The van der Waals surface area contributed by atoms with E-state index >= 15 is 0 Å². The highest BCUT2D eigenvalue weighted by Gasteiger charge is 2.05. The Labute approximate surface area is 188 Å². The molecule has 3 N–H and O–H groups in total. The van der Waals surface area contributed by atoms with Crippen molar-refractivity contribution in [1.82, 2.24) is 6.15 Å². The monoisotopic (exact) mass is 423 g/mol. The second-order valence-corrected chi connectivity index (χ2v) is 9.09. The molecule has 0 aromatic heterocycles. The molecule has 0 amide bonds. The van der Waals surface area contributed by atoms with Gasteiger partial charge in [0.05, 0.1) is 0 Å². The molecule has 0 radical (unpaired) electrons. The Bertz CT molecular complexity index is 498. The molecule has 170 valence electrons. The standard InChI is InChI=1S/C27H47Cl.H3N/c1-4-5-6-7-8-9-10-11-12-13-14-15-16-17-18-19-20-26-21-22-27(23-28)25(3)24(26)2;/h21-22H,4-20,23H2,1-3H3;1H3. The summed E-state index contributed by atoms with van der Waals surface area (Å²) in [4.78, 5) is 0. The van der Waals surface area contributed by atoms with Crippen molar-refractivity contribution in [3.8, 4) is 0 Å². The topological polar surface area (TPSA) is 35.0 Å². The zero-order chi connectivity index (χ0) is 20.5. The van der Waals surface area contributed by atoms with Crippen molar-refractivity contribution < 1.29 is 0 Å². The molecular weight excluding hydrogens is 374 g/mol. The van der Waals surface area contributed by atoms with E-state index in [9.17, 15) is 0 Å². The number of benzene rings is 1. The average Bonchev–Trinajstić information content (AvgIpc) is 2.70. The van der Waals surface area contributed by atoms with E-state index in [0.717, 1.165) is 0 Å². The minimum Gasteiger partial charge on any atom is -0.344 e. The molecule has 1 rings (SSSR count). The van der Waals surface area contributed by atoms with E-state index in [2.05, 4.69) is 32.9 Å². The van der Waals surface area contributed by atoms with Gasteiger partial charge in [-0.05, 0) is 48.9 Å². The second kappa shape index (κ2) is 19.4. The molecule has 29 heavy (non-hydrogen) atoms. The lowest BCUT2D eigenvalue weighted by Crippen LogP contribution is -1.96. The molecule has 0 saturated heterocycles. The number of hydrogen-bond donors (Lipinski definition) is 1. The number of alkyl halides is 1. The largest absolute Gasteiger partial charge is 0.344 e. The quantitative estimate of drug-likeness (QED) is 0.185. The van der Waals surface area contributed by atoms with Crippen molar-refractivity contribution in [2.24, 2.45) is 0 Å². The van der Waals surface area contributed by atoms with Gasteiger partial charge >= 0.3 is 0 Å². The van der Waals surface area contributed by atoms with E-state index in [0.29, 0.717) is 5.88 Å².